The Bertz CT molecular complexity index is 1170. The van der Waals surface area contributed by atoms with Gasteiger partial charge in [0.25, 0.3) is 0 Å². The van der Waals surface area contributed by atoms with Gasteiger partial charge < -0.3 is 0 Å². The zero-order chi connectivity index (χ0) is 19.3. The SMILES string of the molecule is CC1(C)c2cc(Cl)ccc2-c2c(-c3ccc(-c4ccccc4)cc3)cccc21. The number of hydrogen-bond donors (Lipinski definition) is 0. The first-order chi connectivity index (χ1) is 13.6. The van der Waals surface area contributed by atoms with E-state index < -0.39 is 0 Å². The molecule has 0 bridgehead atoms. The molecule has 0 nitrogen and oxygen atoms in total. The van der Waals surface area contributed by atoms with Crippen LogP contribution in [0.3, 0.4) is 0 Å². The number of halogens is 1. The quantitative estimate of drug-likeness (QED) is 0.330. The van der Waals surface area contributed by atoms with Crippen LogP contribution in [-0.4, -0.2) is 0 Å². The molecule has 0 amide bonds. The third kappa shape index (κ3) is 2.60. The minimum absolute atomic E-state index is 0.0461. The standard InChI is InChI=1S/C27H21Cl/c1-27(2)24-10-6-9-22(26(24)23-16-15-21(28)17-25(23)27)20-13-11-19(12-14-20)18-7-4-3-5-8-18/h3-17H,1-2H3. The Hall–Kier alpha value is -2.83. The summed E-state index contributed by atoms with van der Waals surface area (Å²) in [5, 5.41) is 0.799. The molecule has 0 aromatic heterocycles. The molecule has 0 radical (unpaired) electrons. The maximum atomic E-state index is 6.33. The van der Waals surface area contributed by atoms with E-state index >= 15 is 0 Å². The average Bonchev–Trinajstić information content (AvgIpc) is 2.96. The summed E-state index contributed by atoms with van der Waals surface area (Å²) in [6.07, 6.45) is 0. The molecule has 0 fully saturated rings. The molecule has 0 spiro atoms. The fraction of sp³-hybridized carbons (Fsp3) is 0.111. The van der Waals surface area contributed by atoms with Crippen molar-refractivity contribution in [3.63, 3.8) is 0 Å². The second kappa shape index (κ2) is 6.36. The minimum Gasteiger partial charge on any atom is -0.0843 e. The fourth-order valence-electron chi connectivity index (χ4n) is 4.47. The van der Waals surface area contributed by atoms with E-state index in [1.54, 1.807) is 0 Å². The monoisotopic (exact) mass is 380 g/mol. The highest BCUT2D eigenvalue weighted by molar-refractivity contribution is 6.30. The van der Waals surface area contributed by atoms with Gasteiger partial charge in [0.05, 0.1) is 0 Å². The van der Waals surface area contributed by atoms with Crippen molar-refractivity contribution in [1.29, 1.82) is 0 Å². The maximum absolute atomic E-state index is 6.33. The van der Waals surface area contributed by atoms with Crippen molar-refractivity contribution in [3.8, 4) is 33.4 Å². The average molecular weight is 381 g/mol. The van der Waals surface area contributed by atoms with Gasteiger partial charge in [0.15, 0.2) is 0 Å². The Kier molecular flexibility index (Phi) is 3.92. The molecule has 4 aromatic rings. The van der Waals surface area contributed by atoms with Gasteiger partial charge >= 0.3 is 0 Å². The summed E-state index contributed by atoms with van der Waals surface area (Å²) >= 11 is 6.33. The van der Waals surface area contributed by atoms with Crippen molar-refractivity contribution in [2.24, 2.45) is 0 Å². The van der Waals surface area contributed by atoms with E-state index in [1.165, 1.54) is 44.5 Å². The zero-order valence-electron chi connectivity index (χ0n) is 16.0. The number of hydrogen-bond acceptors (Lipinski definition) is 0. The summed E-state index contributed by atoms with van der Waals surface area (Å²) in [4.78, 5) is 0. The molecular weight excluding hydrogens is 360 g/mol. The lowest BCUT2D eigenvalue weighted by atomic mass is 9.82. The van der Waals surface area contributed by atoms with Gasteiger partial charge in [-0.25, -0.2) is 0 Å². The lowest BCUT2D eigenvalue weighted by Gasteiger charge is -2.21. The minimum atomic E-state index is -0.0461. The Morgan fingerprint density at radius 1 is 0.571 bits per heavy atom. The van der Waals surface area contributed by atoms with Crippen LogP contribution in [0.1, 0.15) is 25.0 Å². The van der Waals surface area contributed by atoms with E-state index in [0.717, 1.165) is 5.02 Å². The molecule has 28 heavy (non-hydrogen) atoms. The van der Waals surface area contributed by atoms with Crippen molar-refractivity contribution in [1.82, 2.24) is 0 Å². The van der Waals surface area contributed by atoms with Crippen LogP contribution in [0.2, 0.25) is 5.02 Å². The molecule has 1 aliphatic carbocycles. The highest BCUT2D eigenvalue weighted by Gasteiger charge is 2.36. The van der Waals surface area contributed by atoms with E-state index in [9.17, 15) is 0 Å². The summed E-state index contributed by atoms with van der Waals surface area (Å²) in [6, 6.07) is 32.4. The molecule has 0 unspecified atom stereocenters. The van der Waals surface area contributed by atoms with Gasteiger partial charge in [0.2, 0.25) is 0 Å². The lowest BCUT2D eigenvalue weighted by molar-refractivity contribution is 0.660. The van der Waals surface area contributed by atoms with Gasteiger partial charge in [-0.3, -0.25) is 0 Å². The number of rotatable bonds is 2. The van der Waals surface area contributed by atoms with Gasteiger partial charge in [-0.05, 0) is 56.6 Å². The molecule has 0 atom stereocenters. The molecule has 1 heteroatoms. The van der Waals surface area contributed by atoms with Crippen LogP contribution in [0.5, 0.6) is 0 Å². The van der Waals surface area contributed by atoms with Gasteiger partial charge in [-0.15, -0.1) is 0 Å². The topological polar surface area (TPSA) is 0 Å². The Morgan fingerprint density at radius 3 is 2.00 bits per heavy atom. The smallest absolute Gasteiger partial charge is 0.0409 e. The fourth-order valence-corrected chi connectivity index (χ4v) is 4.65. The van der Waals surface area contributed by atoms with Gasteiger partial charge in [0, 0.05) is 10.4 Å². The highest BCUT2D eigenvalue weighted by Crippen LogP contribution is 2.52. The summed E-state index contributed by atoms with van der Waals surface area (Å²) in [7, 11) is 0. The second-order valence-corrected chi connectivity index (χ2v) is 8.42. The van der Waals surface area contributed by atoms with E-state index in [4.69, 9.17) is 11.6 Å². The van der Waals surface area contributed by atoms with Gasteiger partial charge in [0.1, 0.15) is 0 Å². The van der Waals surface area contributed by atoms with Crippen molar-refractivity contribution >= 4 is 11.6 Å². The summed E-state index contributed by atoms with van der Waals surface area (Å²) in [5.41, 5.74) is 10.3. The molecule has 4 aromatic carbocycles. The summed E-state index contributed by atoms with van der Waals surface area (Å²) in [5.74, 6) is 0. The first-order valence-electron chi connectivity index (χ1n) is 9.65. The Morgan fingerprint density at radius 2 is 1.25 bits per heavy atom. The molecule has 0 aliphatic heterocycles. The van der Waals surface area contributed by atoms with Crippen molar-refractivity contribution in [2.45, 2.75) is 19.3 Å². The molecule has 1 aliphatic rings. The highest BCUT2D eigenvalue weighted by atomic mass is 35.5. The van der Waals surface area contributed by atoms with Crippen LogP contribution in [-0.2, 0) is 5.41 Å². The maximum Gasteiger partial charge on any atom is 0.0409 e. The molecule has 0 saturated heterocycles. The molecule has 5 rings (SSSR count). The van der Waals surface area contributed by atoms with Crippen LogP contribution in [0.15, 0.2) is 91.0 Å². The zero-order valence-corrected chi connectivity index (χ0v) is 16.8. The van der Waals surface area contributed by atoms with Gasteiger partial charge in [-0.1, -0.05) is 104 Å². The largest absolute Gasteiger partial charge is 0.0843 e. The molecule has 0 saturated carbocycles. The lowest BCUT2D eigenvalue weighted by Crippen LogP contribution is -2.14. The van der Waals surface area contributed by atoms with Crippen LogP contribution in [0.25, 0.3) is 33.4 Å². The molecule has 0 heterocycles. The first kappa shape index (κ1) is 17.3. The predicted molar refractivity (Wildman–Crippen MR) is 120 cm³/mol. The van der Waals surface area contributed by atoms with Crippen LogP contribution < -0.4 is 0 Å². The third-order valence-corrected chi connectivity index (χ3v) is 6.20. The van der Waals surface area contributed by atoms with Crippen LogP contribution >= 0.6 is 11.6 Å². The Labute approximate surface area is 171 Å². The first-order valence-corrected chi connectivity index (χ1v) is 10.0. The van der Waals surface area contributed by atoms with Crippen molar-refractivity contribution < 1.29 is 0 Å². The molecule has 136 valence electrons. The van der Waals surface area contributed by atoms with Crippen molar-refractivity contribution in [2.75, 3.05) is 0 Å². The third-order valence-electron chi connectivity index (χ3n) is 5.97. The molecular formula is C27H21Cl. The second-order valence-electron chi connectivity index (χ2n) is 7.99. The van der Waals surface area contributed by atoms with Gasteiger partial charge in [-0.2, -0.15) is 0 Å². The summed E-state index contributed by atoms with van der Waals surface area (Å²) < 4.78 is 0. The number of fused-ring (bicyclic) bond motifs is 3. The summed E-state index contributed by atoms with van der Waals surface area (Å²) in [6.45, 7) is 4.58. The Balaban J connectivity index is 1.66. The van der Waals surface area contributed by atoms with Crippen molar-refractivity contribution in [3.05, 3.63) is 107 Å². The number of benzene rings is 4. The normalized spacial score (nSPS) is 13.8. The predicted octanol–water partition coefficient (Wildman–Crippen LogP) is 7.98. The van der Waals surface area contributed by atoms with E-state index in [2.05, 4.69) is 98.8 Å². The van der Waals surface area contributed by atoms with Crippen LogP contribution in [0, 0.1) is 0 Å². The van der Waals surface area contributed by atoms with E-state index in [-0.39, 0.29) is 5.41 Å². The molecule has 0 N–H and O–H groups in total. The van der Waals surface area contributed by atoms with Crippen LogP contribution in [0.4, 0.5) is 0 Å². The van der Waals surface area contributed by atoms with E-state index in [1.807, 2.05) is 6.07 Å². The van der Waals surface area contributed by atoms with E-state index in [0.29, 0.717) is 0 Å².